The van der Waals surface area contributed by atoms with Crippen molar-refractivity contribution in [2.75, 3.05) is 5.32 Å². The van der Waals surface area contributed by atoms with Gasteiger partial charge in [0.2, 0.25) is 0 Å². The molecule has 0 bridgehead atoms. The Labute approximate surface area is 143 Å². The lowest BCUT2D eigenvalue weighted by atomic mass is 10.1. The number of anilines is 2. The lowest BCUT2D eigenvalue weighted by molar-refractivity contribution is 0.776. The van der Waals surface area contributed by atoms with E-state index in [9.17, 15) is 0 Å². The number of aromatic nitrogens is 2. The Morgan fingerprint density at radius 3 is 2.68 bits per heavy atom. The van der Waals surface area contributed by atoms with Crippen molar-refractivity contribution >= 4 is 38.9 Å². The zero-order valence-corrected chi connectivity index (χ0v) is 14.6. The summed E-state index contributed by atoms with van der Waals surface area (Å²) in [6.07, 6.45) is 1.80. The molecule has 0 unspecified atom stereocenters. The van der Waals surface area contributed by atoms with Crippen molar-refractivity contribution in [3.05, 3.63) is 63.7 Å². The predicted octanol–water partition coefficient (Wildman–Crippen LogP) is 5.56. The molecule has 0 amide bonds. The summed E-state index contributed by atoms with van der Waals surface area (Å²) in [4.78, 5) is 0. The lowest BCUT2D eigenvalue weighted by Gasteiger charge is -2.11. The predicted molar refractivity (Wildman–Crippen MR) is 95.8 cm³/mol. The van der Waals surface area contributed by atoms with Gasteiger partial charge in [0.1, 0.15) is 0 Å². The van der Waals surface area contributed by atoms with Crippen molar-refractivity contribution in [2.24, 2.45) is 7.05 Å². The van der Waals surface area contributed by atoms with E-state index >= 15 is 0 Å². The van der Waals surface area contributed by atoms with Crippen LogP contribution in [-0.4, -0.2) is 9.78 Å². The van der Waals surface area contributed by atoms with Crippen LogP contribution in [0.3, 0.4) is 0 Å². The van der Waals surface area contributed by atoms with Crippen LogP contribution in [0.2, 0.25) is 5.02 Å². The number of aryl methyl sites for hydroxylation is 2. The van der Waals surface area contributed by atoms with Gasteiger partial charge in [0, 0.05) is 29.0 Å². The summed E-state index contributed by atoms with van der Waals surface area (Å²) in [5.74, 6) is 0. The van der Waals surface area contributed by atoms with Crippen LogP contribution in [0.25, 0.3) is 11.3 Å². The van der Waals surface area contributed by atoms with E-state index in [4.69, 9.17) is 11.6 Å². The highest BCUT2D eigenvalue weighted by molar-refractivity contribution is 9.10. The van der Waals surface area contributed by atoms with E-state index < -0.39 is 0 Å². The fraction of sp³-hybridized carbons (Fsp3) is 0.118. The zero-order chi connectivity index (χ0) is 15.7. The third-order valence-electron chi connectivity index (χ3n) is 3.50. The van der Waals surface area contributed by atoms with Crippen molar-refractivity contribution in [2.45, 2.75) is 6.92 Å². The number of hydrogen-bond acceptors (Lipinski definition) is 2. The Balaban J connectivity index is 1.95. The van der Waals surface area contributed by atoms with Gasteiger partial charge < -0.3 is 5.32 Å². The number of nitrogens with one attached hydrogen (secondary N) is 1. The summed E-state index contributed by atoms with van der Waals surface area (Å²) >= 11 is 9.55. The van der Waals surface area contributed by atoms with E-state index in [-0.39, 0.29) is 0 Å². The van der Waals surface area contributed by atoms with Gasteiger partial charge >= 0.3 is 0 Å². The van der Waals surface area contributed by atoms with Gasteiger partial charge in [-0.05, 0) is 58.7 Å². The summed E-state index contributed by atoms with van der Waals surface area (Å²) in [5, 5.41) is 8.45. The zero-order valence-electron chi connectivity index (χ0n) is 12.3. The Bertz CT molecular complexity index is 807. The molecule has 112 valence electrons. The second-order valence-electron chi connectivity index (χ2n) is 5.13. The Morgan fingerprint density at radius 2 is 2.00 bits per heavy atom. The van der Waals surface area contributed by atoms with Gasteiger partial charge in [-0.1, -0.05) is 23.7 Å². The minimum absolute atomic E-state index is 0.746. The maximum atomic E-state index is 6.00. The molecule has 1 heterocycles. The second kappa shape index (κ2) is 6.15. The monoisotopic (exact) mass is 375 g/mol. The molecule has 1 N–H and O–H groups in total. The molecule has 3 nitrogen and oxygen atoms in total. The highest BCUT2D eigenvalue weighted by atomic mass is 79.9. The van der Waals surface area contributed by atoms with Crippen LogP contribution < -0.4 is 5.32 Å². The van der Waals surface area contributed by atoms with E-state index in [1.165, 1.54) is 0 Å². The molecule has 0 aliphatic rings. The van der Waals surface area contributed by atoms with Crippen molar-refractivity contribution in [3.8, 4) is 11.3 Å². The SMILES string of the molecule is Cc1cc(Cl)ccc1Nc1cccc(-c2c(Br)cnn2C)c1. The molecule has 0 radical (unpaired) electrons. The van der Waals surface area contributed by atoms with Gasteiger partial charge in [-0.3, -0.25) is 4.68 Å². The van der Waals surface area contributed by atoms with Gasteiger partial charge in [0.05, 0.1) is 16.4 Å². The molecule has 22 heavy (non-hydrogen) atoms. The summed E-state index contributed by atoms with van der Waals surface area (Å²) in [5.41, 5.74) is 5.33. The number of benzene rings is 2. The van der Waals surface area contributed by atoms with E-state index in [0.29, 0.717) is 0 Å². The van der Waals surface area contributed by atoms with E-state index in [1.807, 2.05) is 49.0 Å². The molecule has 0 saturated carbocycles. The molecule has 0 aliphatic heterocycles. The molecular weight excluding hydrogens is 362 g/mol. The number of halogens is 2. The topological polar surface area (TPSA) is 29.9 Å². The average molecular weight is 377 g/mol. The Morgan fingerprint density at radius 1 is 1.18 bits per heavy atom. The molecule has 0 aliphatic carbocycles. The maximum absolute atomic E-state index is 6.00. The first-order valence-electron chi connectivity index (χ1n) is 6.86. The number of hydrogen-bond donors (Lipinski definition) is 1. The fourth-order valence-electron chi connectivity index (χ4n) is 2.40. The molecule has 0 spiro atoms. The normalized spacial score (nSPS) is 10.7. The molecule has 2 aromatic carbocycles. The van der Waals surface area contributed by atoms with Gasteiger partial charge in [-0.2, -0.15) is 5.10 Å². The van der Waals surface area contributed by atoms with Crippen molar-refractivity contribution in [1.82, 2.24) is 9.78 Å². The highest BCUT2D eigenvalue weighted by Crippen LogP contribution is 2.30. The second-order valence-corrected chi connectivity index (χ2v) is 6.42. The molecule has 0 atom stereocenters. The summed E-state index contributed by atoms with van der Waals surface area (Å²) in [7, 11) is 1.93. The average Bonchev–Trinajstić information content (AvgIpc) is 2.81. The first kappa shape index (κ1) is 15.1. The van der Waals surface area contributed by atoms with Gasteiger partial charge in [0.15, 0.2) is 0 Å². The standard InChI is InChI=1S/C17H15BrClN3/c1-11-8-13(19)6-7-16(11)21-14-5-3-4-12(9-14)17-15(18)10-20-22(17)2/h3-10,21H,1-2H3. The fourth-order valence-corrected chi connectivity index (χ4v) is 3.21. The van der Waals surface area contributed by atoms with Crippen LogP contribution in [0.1, 0.15) is 5.56 Å². The molecule has 1 aromatic heterocycles. The quantitative estimate of drug-likeness (QED) is 0.649. The third kappa shape index (κ3) is 3.03. The van der Waals surface area contributed by atoms with Crippen LogP contribution >= 0.6 is 27.5 Å². The molecule has 0 fully saturated rings. The van der Waals surface area contributed by atoms with Crippen LogP contribution in [0, 0.1) is 6.92 Å². The third-order valence-corrected chi connectivity index (χ3v) is 4.31. The molecule has 5 heteroatoms. The van der Waals surface area contributed by atoms with Crippen LogP contribution in [0.5, 0.6) is 0 Å². The molecule has 0 saturated heterocycles. The highest BCUT2D eigenvalue weighted by Gasteiger charge is 2.09. The Hall–Kier alpha value is -1.78. The van der Waals surface area contributed by atoms with Gasteiger partial charge in [0.25, 0.3) is 0 Å². The largest absolute Gasteiger partial charge is 0.355 e. The van der Waals surface area contributed by atoms with Gasteiger partial charge in [-0.25, -0.2) is 0 Å². The first-order chi connectivity index (χ1) is 10.5. The van der Waals surface area contributed by atoms with Crippen LogP contribution in [-0.2, 0) is 7.05 Å². The van der Waals surface area contributed by atoms with Crippen molar-refractivity contribution in [3.63, 3.8) is 0 Å². The molecule has 3 aromatic rings. The van der Waals surface area contributed by atoms with Crippen LogP contribution in [0.4, 0.5) is 11.4 Å². The minimum atomic E-state index is 0.746. The lowest BCUT2D eigenvalue weighted by Crippen LogP contribution is -1.96. The summed E-state index contributed by atoms with van der Waals surface area (Å²) < 4.78 is 2.84. The van der Waals surface area contributed by atoms with E-state index in [2.05, 4.69) is 38.5 Å². The van der Waals surface area contributed by atoms with Crippen molar-refractivity contribution < 1.29 is 0 Å². The Kier molecular flexibility index (Phi) is 4.23. The number of nitrogens with zero attached hydrogens (tertiary/aromatic N) is 2. The number of rotatable bonds is 3. The maximum Gasteiger partial charge on any atom is 0.0821 e. The molecular formula is C17H15BrClN3. The van der Waals surface area contributed by atoms with Gasteiger partial charge in [-0.15, -0.1) is 0 Å². The van der Waals surface area contributed by atoms with Crippen molar-refractivity contribution in [1.29, 1.82) is 0 Å². The van der Waals surface area contributed by atoms with E-state index in [0.717, 1.165) is 37.7 Å². The van der Waals surface area contributed by atoms with Crippen LogP contribution in [0.15, 0.2) is 53.1 Å². The summed E-state index contributed by atoms with van der Waals surface area (Å²) in [6.45, 7) is 2.04. The summed E-state index contributed by atoms with van der Waals surface area (Å²) in [6, 6.07) is 14.1. The molecule has 3 rings (SSSR count). The smallest absolute Gasteiger partial charge is 0.0821 e. The first-order valence-corrected chi connectivity index (χ1v) is 8.03. The minimum Gasteiger partial charge on any atom is -0.355 e. The van der Waals surface area contributed by atoms with E-state index in [1.54, 1.807) is 6.20 Å².